The largest absolute Gasteiger partial charge is 0.348 e. The summed E-state index contributed by atoms with van der Waals surface area (Å²) in [7, 11) is 0. The zero-order valence-corrected chi connectivity index (χ0v) is 13.4. The van der Waals surface area contributed by atoms with Gasteiger partial charge in [-0.2, -0.15) is 0 Å². The highest BCUT2D eigenvalue weighted by Gasteiger charge is 2.09. The van der Waals surface area contributed by atoms with E-state index in [2.05, 4.69) is 5.32 Å². The number of fused-ring (bicyclic) bond motifs is 1. The van der Waals surface area contributed by atoms with Crippen LogP contribution in [-0.4, -0.2) is 17.0 Å². The summed E-state index contributed by atoms with van der Waals surface area (Å²) in [5.41, 5.74) is 2.53. The number of nitrogens with one attached hydrogen (secondary N) is 2. The predicted molar refractivity (Wildman–Crippen MR) is 90.7 cm³/mol. The molecule has 0 radical (unpaired) electrons. The second-order valence-electron chi connectivity index (χ2n) is 5.68. The van der Waals surface area contributed by atoms with Gasteiger partial charge in [0.1, 0.15) is 11.6 Å². The molecule has 0 aliphatic carbocycles. The van der Waals surface area contributed by atoms with Gasteiger partial charge in [0.2, 0.25) is 0 Å². The zero-order chi connectivity index (χ0) is 18.7. The average Bonchev–Trinajstić information content (AvgIpc) is 2.63. The van der Waals surface area contributed by atoms with E-state index >= 15 is 0 Å². The highest BCUT2D eigenvalue weighted by Crippen LogP contribution is 2.18. The molecule has 3 aromatic carbocycles. The first-order valence-electron chi connectivity index (χ1n) is 7.68. The lowest BCUT2D eigenvalue weighted by molar-refractivity contribution is 0.0706. The van der Waals surface area contributed by atoms with Gasteiger partial charge < -0.3 is 5.32 Å². The number of hydrogen-bond donors (Lipinski definition) is 3. The molecule has 0 unspecified atom stereocenters. The third-order valence-corrected chi connectivity index (χ3v) is 3.84. The van der Waals surface area contributed by atoms with Gasteiger partial charge in [0, 0.05) is 23.7 Å². The van der Waals surface area contributed by atoms with Gasteiger partial charge >= 0.3 is 0 Å². The molecule has 0 saturated carbocycles. The topological polar surface area (TPSA) is 78.4 Å². The monoisotopic (exact) mass is 356 g/mol. The van der Waals surface area contributed by atoms with Crippen LogP contribution >= 0.6 is 0 Å². The third kappa shape index (κ3) is 3.84. The number of carbonyl (C=O) groups excluding carboxylic acids is 2. The molecule has 0 atom stereocenters. The van der Waals surface area contributed by atoms with Gasteiger partial charge in [-0.3, -0.25) is 14.8 Å². The van der Waals surface area contributed by atoms with Crippen LogP contribution < -0.4 is 10.8 Å². The van der Waals surface area contributed by atoms with Crippen molar-refractivity contribution in [1.82, 2.24) is 10.8 Å². The van der Waals surface area contributed by atoms with Crippen LogP contribution in [0.15, 0.2) is 54.6 Å². The lowest BCUT2D eigenvalue weighted by Crippen LogP contribution is -2.22. The Morgan fingerprint density at radius 1 is 0.808 bits per heavy atom. The molecule has 7 heteroatoms. The van der Waals surface area contributed by atoms with Crippen molar-refractivity contribution in [3.63, 3.8) is 0 Å². The summed E-state index contributed by atoms with van der Waals surface area (Å²) >= 11 is 0. The van der Waals surface area contributed by atoms with Crippen LogP contribution in [0.5, 0.6) is 0 Å². The SMILES string of the molecule is O=C(NO)c1ccc2cc(C(=O)NCc3cc(F)cc(F)c3)ccc2c1. The van der Waals surface area contributed by atoms with Crippen molar-refractivity contribution in [2.45, 2.75) is 6.54 Å². The standard InChI is InChI=1S/C19H14F2N2O3/c20-16-5-11(6-17(21)9-16)10-22-18(24)14-3-1-13-8-15(19(25)23-26)4-2-12(13)7-14/h1-9,26H,10H2,(H,22,24)(H,23,25). The molecule has 0 heterocycles. The molecule has 3 aromatic rings. The molecule has 0 aliphatic rings. The van der Waals surface area contributed by atoms with Crippen LogP contribution in [-0.2, 0) is 6.54 Å². The van der Waals surface area contributed by atoms with Crippen molar-refractivity contribution in [1.29, 1.82) is 0 Å². The molecule has 0 aromatic heterocycles. The summed E-state index contributed by atoms with van der Waals surface area (Å²) in [6.45, 7) is -0.0127. The Bertz CT molecular complexity index is 985. The molecule has 3 N–H and O–H groups in total. The third-order valence-electron chi connectivity index (χ3n) is 3.84. The van der Waals surface area contributed by atoms with Crippen molar-refractivity contribution in [3.05, 3.63) is 82.9 Å². The van der Waals surface area contributed by atoms with Crippen LogP contribution in [0.25, 0.3) is 10.8 Å². The summed E-state index contributed by atoms with van der Waals surface area (Å²) in [6.07, 6.45) is 0. The Kier molecular flexibility index (Phi) is 4.90. The number of carbonyl (C=O) groups is 2. The quantitative estimate of drug-likeness (QED) is 0.496. The fourth-order valence-electron chi connectivity index (χ4n) is 2.59. The molecule has 2 amide bonds. The predicted octanol–water partition coefficient (Wildman–Crippen LogP) is 3.17. The van der Waals surface area contributed by atoms with E-state index in [1.54, 1.807) is 35.8 Å². The van der Waals surface area contributed by atoms with Crippen molar-refractivity contribution >= 4 is 22.6 Å². The van der Waals surface area contributed by atoms with Crippen molar-refractivity contribution in [3.8, 4) is 0 Å². The number of halogens is 2. The van der Waals surface area contributed by atoms with E-state index in [0.29, 0.717) is 11.1 Å². The van der Waals surface area contributed by atoms with E-state index in [0.717, 1.165) is 29.0 Å². The van der Waals surface area contributed by atoms with Crippen LogP contribution in [0.1, 0.15) is 26.3 Å². The van der Waals surface area contributed by atoms with Crippen LogP contribution in [0.3, 0.4) is 0 Å². The number of benzene rings is 3. The summed E-state index contributed by atoms with van der Waals surface area (Å²) < 4.78 is 26.3. The van der Waals surface area contributed by atoms with E-state index in [9.17, 15) is 18.4 Å². The molecule has 0 fully saturated rings. The first-order chi connectivity index (χ1) is 12.5. The minimum atomic E-state index is -0.706. The Morgan fingerprint density at radius 2 is 1.35 bits per heavy atom. The fraction of sp³-hybridized carbons (Fsp3) is 0.0526. The van der Waals surface area contributed by atoms with Crippen molar-refractivity contribution in [2.75, 3.05) is 0 Å². The molecular formula is C19H14F2N2O3. The first kappa shape index (κ1) is 17.5. The summed E-state index contributed by atoms with van der Waals surface area (Å²) in [5.74, 6) is -2.44. The van der Waals surface area contributed by atoms with E-state index in [1.807, 2.05) is 0 Å². The van der Waals surface area contributed by atoms with Crippen LogP contribution in [0.4, 0.5) is 8.78 Å². The van der Waals surface area contributed by atoms with Gasteiger partial charge in [-0.05, 0) is 52.7 Å². The second kappa shape index (κ2) is 7.28. The highest BCUT2D eigenvalue weighted by atomic mass is 19.1. The average molecular weight is 356 g/mol. The molecule has 5 nitrogen and oxygen atoms in total. The van der Waals surface area contributed by atoms with Gasteiger partial charge in [-0.25, -0.2) is 14.3 Å². The minimum Gasteiger partial charge on any atom is -0.348 e. The molecule has 0 saturated heterocycles. The maximum Gasteiger partial charge on any atom is 0.274 e. The molecule has 0 bridgehead atoms. The number of rotatable bonds is 4. The van der Waals surface area contributed by atoms with E-state index in [-0.39, 0.29) is 12.1 Å². The van der Waals surface area contributed by atoms with Crippen molar-refractivity contribution < 1.29 is 23.6 Å². The zero-order valence-electron chi connectivity index (χ0n) is 13.4. The smallest absolute Gasteiger partial charge is 0.274 e. The summed E-state index contributed by atoms with van der Waals surface area (Å²) in [5, 5.41) is 12.7. The summed E-state index contributed by atoms with van der Waals surface area (Å²) in [6, 6.07) is 12.7. The maximum atomic E-state index is 13.2. The Hall–Kier alpha value is -3.32. The number of hydrogen-bond acceptors (Lipinski definition) is 3. The maximum absolute atomic E-state index is 13.2. The first-order valence-corrected chi connectivity index (χ1v) is 7.68. The Labute approximate surface area is 147 Å². The Morgan fingerprint density at radius 3 is 1.88 bits per heavy atom. The number of hydroxylamine groups is 1. The summed E-state index contributed by atoms with van der Waals surface area (Å²) in [4.78, 5) is 23.7. The van der Waals surface area contributed by atoms with Crippen LogP contribution in [0.2, 0.25) is 0 Å². The van der Waals surface area contributed by atoms with E-state index in [1.165, 1.54) is 6.07 Å². The molecular weight excluding hydrogens is 342 g/mol. The van der Waals surface area contributed by atoms with E-state index in [4.69, 9.17) is 5.21 Å². The van der Waals surface area contributed by atoms with Crippen molar-refractivity contribution in [2.24, 2.45) is 0 Å². The molecule has 0 aliphatic heterocycles. The second-order valence-corrected chi connectivity index (χ2v) is 5.68. The lowest BCUT2D eigenvalue weighted by atomic mass is 10.0. The Balaban J connectivity index is 1.76. The van der Waals surface area contributed by atoms with Gasteiger partial charge in [0.25, 0.3) is 11.8 Å². The van der Waals surface area contributed by atoms with Gasteiger partial charge in [-0.15, -0.1) is 0 Å². The lowest BCUT2D eigenvalue weighted by Gasteiger charge is -2.08. The molecule has 0 spiro atoms. The van der Waals surface area contributed by atoms with E-state index < -0.39 is 23.4 Å². The molecule has 3 rings (SSSR count). The molecule has 26 heavy (non-hydrogen) atoms. The highest BCUT2D eigenvalue weighted by molar-refractivity contribution is 6.01. The number of amides is 2. The normalized spacial score (nSPS) is 10.6. The fourth-order valence-corrected chi connectivity index (χ4v) is 2.59. The van der Waals surface area contributed by atoms with Gasteiger partial charge in [0.05, 0.1) is 0 Å². The minimum absolute atomic E-state index is 0.0127. The van der Waals surface area contributed by atoms with Gasteiger partial charge in [0.15, 0.2) is 0 Å². The molecule has 132 valence electrons. The van der Waals surface area contributed by atoms with Gasteiger partial charge in [-0.1, -0.05) is 12.1 Å². The van der Waals surface area contributed by atoms with Crippen LogP contribution in [0, 0.1) is 11.6 Å².